The van der Waals surface area contributed by atoms with E-state index in [1.165, 1.54) is 21.9 Å². The average Bonchev–Trinajstić information content (AvgIpc) is 3.77. The third-order valence-corrected chi connectivity index (χ3v) is 13.7. The molecule has 0 bridgehead atoms. The number of benzene rings is 3. The van der Waals surface area contributed by atoms with Crippen LogP contribution in [0.1, 0.15) is 78.3 Å². The number of piperidine rings is 2. The Morgan fingerprint density at radius 2 is 1.69 bits per heavy atom. The molecule has 0 spiro atoms. The van der Waals surface area contributed by atoms with Gasteiger partial charge in [0.05, 0.1) is 30.9 Å². The van der Waals surface area contributed by atoms with E-state index in [0.29, 0.717) is 81.3 Å². The van der Waals surface area contributed by atoms with Crippen molar-refractivity contribution >= 4 is 45.9 Å². The maximum atomic E-state index is 16.4. The topological polar surface area (TPSA) is 122 Å². The molecule has 12 nitrogen and oxygen atoms in total. The number of nitrogens with one attached hydrogen (secondary N) is 2. The smallest absolute Gasteiger partial charge is 0.257 e. The van der Waals surface area contributed by atoms with E-state index in [1.54, 1.807) is 6.07 Å². The number of alkyl halides is 2. The van der Waals surface area contributed by atoms with Gasteiger partial charge >= 0.3 is 0 Å². The highest BCUT2D eigenvalue weighted by Crippen LogP contribution is 2.46. The second-order valence-electron chi connectivity index (χ2n) is 17.6. The van der Waals surface area contributed by atoms with Crippen molar-refractivity contribution in [2.45, 2.75) is 82.6 Å². The normalized spacial score (nSPS) is 24.7. The van der Waals surface area contributed by atoms with Crippen LogP contribution in [0.2, 0.25) is 0 Å². The maximum absolute atomic E-state index is 16.4. The van der Waals surface area contributed by atoms with E-state index in [2.05, 4.69) is 15.2 Å². The molecule has 3 fully saturated rings. The summed E-state index contributed by atoms with van der Waals surface area (Å²) in [4.78, 5) is 63.9. The number of hydrogen-bond donors (Lipinski definition) is 2. The highest BCUT2D eigenvalue weighted by atomic mass is 19.3. The number of ether oxygens (including phenoxy) is 1. The number of carbonyl (C=O) groups is 4. The Bertz CT molecular complexity index is 2460. The van der Waals surface area contributed by atoms with Gasteiger partial charge in [-0.2, -0.15) is 0 Å². The molecule has 3 saturated heterocycles. The fraction of sp³-hybridized carbons (Fsp3) is 0.467. The van der Waals surface area contributed by atoms with Crippen molar-refractivity contribution in [3.63, 3.8) is 0 Å². The van der Waals surface area contributed by atoms with Crippen LogP contribution in [0.3, 0.4) is 0 Å². The Labute approximate surface area is 349 Å². The summed E-state index contributed by atoms with van der Waals surface area (Å²) in [5.41, 5.74) is 4.31. The van der Waals surface area contributed by atoms with E-state index in [0.717, 1.165) is 34.6 Å². The number of rotatable bonds is 6. The zero-order chi connectivity index (χ0) is 42.5. The number of fused-ring (bicyclic) bond motifs is 8. The third-order valence-electron chi connectivity index (χ3n) is 13.7. The van der Waals surface area contributed by atoms with Crippen LogP contribution in [-0.2, 0) is 27.3 Å². The van der Waals surface area contributed by atoms with Gasteiger partial charge in [0.1, 0.15) is 30.0 Å². The van der Waals surface area contributed by atoms with Crippen LogP contribution < -0.4 is 19.9 Å². The summed E-state index contributed by atoms with van der Waals surface area (Å²) >= 11 is 0. The number of imide groups is 1. The first kappa shape index (κ1) is 39.5. The number of hydrogen-bond acceptors (Lipinski definition) is 8. The summed E-state index contributed by atoms with van der Waals surface area (Å²) in [6.07, 6.45) is 1.89. The van der Waals surface area contributed by atoms with Gasteiger partial charge in [-0.3, -0.25) is 29.4 Å². The second-order valence-corrected chi connectivity index (χ2v) is 17.6. The largest absolute Gasteiger partial charge is 0.489 e. The van der Waals surface area contributed by atoms with Crippen molar-refractivity contribution in [3.8, 4) is 5.75 Å². The van der Waals surface area contributed by atoms with E-state index in [1.807, 2.05) is 47.1 Å². The molecule has 6 aliphatic heterocycles. The molecule has 10 rings (SSSR count). The fourth-order valence-corrected chi connectivity index (χ4v) is 10.7. The molecule has 1 aromatic heterocycles. The summed E-state index contributed by atoms with van der Waals surface area (Å²) in [6.45, 7) is 4.82. The summed E-state index contributed by atoms with van der Waals surface area (Å²) < 4.78 is 68.3. The van der Waals surface area contributed by atoms with Crippen LogP contribution in [0.4, 0.5) is 28.9 Å². The monoisotopic (exact) mass is 841 g/mol. The minimum atomic E-state index is -3.10. The van der Waals surface area contributed by atoms with Gasteiger partial charge in [-0.05, 0) is 68.5 Å². The lowest BCUT2D eigenvalue weighted by molar-refractivity contribution is -0.138. The van der Waals surface area contributed by atoms with Crippen LogP contribution in [0, 0.1) is 17.6 Å². The van der Waals surface area contributed by atoms with E-state index in [4.69, 9.17) is 4.74 Å². The number of aromatic nitrogens is 1. The molecule has 0 radical (unpaired) electrons. The number of aromatic amines is 1. The van der Waals surface area contributed by atoms with Gasteiger partial charge < -0.3 is 29.3 Å². The molecule has 2 N–H and O–H groups in total. The lowest BCUT2D eigenvalue weighted by atomic mass is 9.87. The van der Waals surface area contributed by atoms with Gasteiger partial charge in [0.15, 0.2) is 0 Å². The summed E-state index contributed by atoms with van der Waals surface area (Å²) in [5.74, 6) is -5.41. The number of halogens is 4. The molecule has 16 heteroatoms. The van der Waals surface area contributed by atoms with Crippen molar-refractivity contribution in [2.24, 2.45) is 5.92 Å². The molecule has 6 aliphatic rings. The molecule has 4 atom stereocenters. The molecule has 1 unspecified atom stereocenters. The number of carbonyl (C=O) groups excluding carboxylic acids is 4. The van der Waals surface area contributed by atoms with Crippen LogP contribution in [0.15, 0.2) is 48.5 Å². The number of H-pyrrole nitrogens is 1. The van der Waals surface area contributed by atoms with Gasteiger partial charge in [0.25, 0.3) is 11.8 Å². The van der Waals surface area contributed by atoms with Crippen LogP contribution in [0.25, 0.3) is 10.9 Å². The average molecular weight is 842 g/mol. The number of piperazine rings is 1. The van der Waals surface area contributed by atoms with E-state index >= 15 is 8.78 Å². The van der Waals surface area contributed by atoms with E-state index in [9.17, 15) is 28.0 Å². The minimum Gasteiger partial charge on any atom is -0.489 e. The first-order chi connectivity index (χ1) is 29.2. The third kappa shape index (κ3) is 6.77. The van der Waals surface area contributed by atoms with E-state index in [-0.39, 0.29) is 54.6 Å². The Morgan fingerprint density at radius 1 is 0.934 bits per heavy atom. The summed E-state index contributed by atoms with van der Waals surface area (Å²) in [6, 6.07) is 11.4. The Kier molecular flexibility index (Phi) is 9.56. The van der Waals surface area contributed by atoms with Gasteiger partial charge in [0, 0.05) is 97.0 Å². The van der Waals surface area contributed by atoms with Gasteiger partial charge in [0.2, 0.25) is 17.7 Å². The highest BCUT2D eigenvalue weighted by molar-refractivity contribution is 6.06. The lowest BCUT2D eigenvalue weighted by Crippen LogP contribution is -2.59. The fourth-order valence-electron chi connectivity index (χ4n) is 10.7. The van der Waals surface area contributed by atoms with E-state index < -0.39 is 48.1 Å². The summed E-state index contributed by atoms with van der Waals surface area (Å²) in [5, 5.41) is 3.25. The first-order valence-corrected chi connectivity index (χ1v) is 21.2. The van der Waals surface area contributed by atoms with Crippen LogP contribution in [0.5, 0.6) is 5.75 Å². The Balaban J connectivity index is 0.806. The molecule has 4 amide bonds. The number of amides is 4. The highest BCUT2D eigenvalue weighted by Gasteiger charge is 2.45. The van der Waals surface area contributed by atoms with Crippen LogP contribution in [-0.4, -0.2) is 113 Å². The maximum Gasteiger partial charge on any atom is 0.257 e. The number of anilines is 2. The van der Waals surface area contributed by atoms with Gasteiger partial charge in [-0.1, -0.05) is 18.2 Å². The zero-order valence-electron chi connectivity index (χ0n) is 34.0. The standard InChI is InChI=1S/C45H47F4N7O5/c1-24-17-30-28-5-3-4-6-34(28)50-39(30)40(56(24)23-45(2,48)49)38-32(46)18-26(19-33(38)47)52-13-11-25(12-14-52)43(59)53-15-16-54-27(20-53)22-61-41-31-21-55(36-9-10-37(57)51-42(36)58)44(60)29(31)7-8-35(41)54/h3-8,18-19,24-25,27,36,40,50H,9-17,20-23H2,1-2H3,(H,51,57,58)/t24-,27-,36?,40-/m1/s1. The predicted octanol–water partition coefficient (Wildman–Crippen LogP) is 5.52. The Hall–Kier alpha value is -5.64. The number of nitrogens with zero attached hydrogens (tertiary/aromatic N) is 5. The predicted molar refractivity (Wildman–Crippen MR) is 218 cm³/mol. The molecule has 0 saturated carbocycles. The molecular weight excluding hydrogens is 795 g/mol. The number of para-hydroxylation sites is 1. The van der Waals surface area contributed by atoms with Crippen molar-refractivity contribution in [1.82, 2.24) is 25.0 Å². The molecule has 320 valence electrons. The van der Waals surface area contributed by atoms with Crippen molar-refractivity contribution < 1.29 is 41.5 Å². The first-order valence-electron chi connectivity index (χ1n) is 21.2. The molecular formula is C45H47F4N7O5. The van der Waals surface area contributed by atoms with Crippen molar-refractivity contribution in [1.29, 1.82) is 0 Å². The second kappa shape index (κ2) is 14.8. The minimum absolute atomic E-state index is 0.0330. The van der Waals surface area contributed by atoms with Crippen molar-refractivity contribution in [2.75, 3.05) is 55.7 Å². The zero-order valence-corrected chi connectivity index (χ0v) is 34.0. The molecule has 61 heavy (non-hydrogen) atoms. The molecule has 0 aliphatic carbocycles. The van der Waals surface area contributed by atoms with Crippen LogP contribution >= 0.6 is 0 Å². The molecule has 4 aromatic rings. The van der Waals surface area contributed by atoms with Gasteiger partial charge in [-0.15, -0.1) is 0 Å². The molecule has 3 aromatic carbocycles. The Morgan fingerprint density at radius 3 is 2.43 bits per heavy atom. The summed E-state index contributed by atoms with van der Waals surface area (Å²) in [7, 11) is 0. The lowest BCUT2D eigenvalue weighted by Gasteiger charge is -2.47. The van der Waals surface area contributed by atoms with Gasteiger partial charge in [-0.25, -0.2) is 17.6 Å². The SMILES string of the molecule is C[C@@H]1Cc2c([nH]c3ccccc23)[C@@H](c2c(F)cc(N3CCC(C(=O)N4CCN5c6ccc7c(c6OC[C@H]5C4)CN(C4CCC(=O)NC4=O)C7=O)CC3)cc2F)N1CC(C)(F)F. The van der Waals surface area contributed by atoms with Crippen molar-refractivity contribution in [3.05, 3.63) is 88.1 Å². The molecule has 7 heterocycles. The quantitative estimate of drug-likeness (QED) is 0.192.